The van der Waals surface area contributed by atoms with Crippen molar-refractivity contribution in [2.45, 2.75) is 38.6 Å². The lowest BCUT2D eigenvalue weighted by Gasteiger charge is -2.20. The topological polar surface area (TPSA) is 12.0 Å². The van der Waals surface area contributed by atoms with Crippen LogP contribution in [0.4, 0.5) is 4.39 Å². The molecule has 0 aliphatic carbocycles. The van der Waals surface area contributed by atoms with Crippen molar-refractivity contribution in [3.05, 3.63) is 58.0 Å². The van der Waals surface area contributed by atoms with Gasteiger partial charge in [-0.2, -0.15) is 11.3 Å². The number of halogens is 1. The van der Waals surface area contributed by atoms with Crippen molar-refractivity contribution in [1.82, 2.24) is 5.32 Å². The van der Waals surface area contributed by atoms with Gasteiger partial charge in [-0.3, -0.25) is 0 Å². The number of rotatable bonds is 7. The van der Waals surface area contributed by atoms with E-state index < -0.39 is 0 Å². The number of thiophene rings is 1. The summed E-state index contributed by atoms with van der Waals surface area (Å²) >= 11 is 1.72. The van der Waals surface area contributed by atoms with Crippen molar-refractivity contribution in [1.29, 1.82) is 0 Å². The Morgan fingerprint density at radius 2 is 2.00 bits per heavy atom. The number of hydrogen-bond donors (Lipinski definition) is 1. The first-order chi connectivity index (χ1) is 9.66. The number of hydrogen-bond acceptors (Lipinski definition) is 2. The zero-order chi connectivity index (χ0) is 14.4. The van der Waals surface area contributed by atoms with E-state index in [-0.39, 0.29) is 11.7 Å². The molecular formula is C17H22FNS. The molecule has 0 spiro atoms. The van der Waals surface area contributed by atoms with Gasteiger partial charge in [-0.25, -0.2) is 4.39 Å². The van der Waals surface area contributed by atoms with Gasteiger partial charge in [-0.05, 0) is 52.8 Å². The first kappa shape index (κ1) is 15.2. The molecule has 2 aromatic rings. The van der Waals surface area contributed by atoms with Crippen molar-refractivity contribution in [2.75, 3.05) is 6.54 Å². The van der Waals surface area contributed by atoms with Crippen LogP contribution in [0.5, 0.6) is 0 Å². The van der Waals surface area contributed by atoms with Crippen molar-refractivity contribution in [3.63, 3.8) is 0 Å². The van der Waals surface area contributed by atoms with E-state index in [1.54, 1.807) is 23.5 Å². The Morgan fingerprint density at radius 1 is 1.20 bits per heavy atom. The average molecular weight is 291 g/mol. The zero-order valence-electron chi connectivity index (χ0n) is 12.1. The van der Waals surface area contributed by atoms with Crippen LogP contribution in [0.2, 0.25) is 0 Å². The lowest BCUT2D eigenvalue weighted by Crippen LogP contribution is -2.28. The van der Waals surface area contributed by atoms with Crippen LogP contribution in [0.25, 0.3) is 0 Å². The maximum absolute atomic E-state index is 14.0. The highest BCUT2D eigenvalue weighted by molar-refractivity contribution is 7.07. The Balaban J connectivity index is 2.05. The van der Waals surface area contributed by atoms with Gasteiger partial charge in [0, 0.05) is 12.6 Å². The highest BCUT2D eigenvalue weighted by Gasteiger charge is 2.15. The van der Waals surface area contributed by atoms with E-state index in [2.05, 4.69) is 36.0 Å². The predicted octanol–water partition coefficient (Wildman–Crippen LogP) is 4.60. The van der Waals surface area contributed by atoms with Crippen molar-refractivity contribution in [2.24, 2.45) is 0 Å². The molecule has 0 bridgehead atoms. The van der Waals surface area contributed by atoms with Crippen molar-refractivity contribution >= 4 is 11.3 Å². The van der Waals surface area contributed by atoms with Crippen LogP contribution in [0.15, 0.2) is 41.1 Å². The summed E-state index contributed by atoms with van der Waals surface area (Å²) in [4.78, 5) is 0. The van der Waals surface area contributed by atoms with Crippen LogP contribution in [-0.2, 0) is 6.42 Å². The van der Waals surface area contributed by atoms with E-state index in [0.29, 0.717) is 6.04 Å². The molecule has 0 radical (unpaired) electrons. The van der Waals surface area contributed by atoms with Crippen LogP contribution in [0, 0.1) is 5.82 Å². The molecule has 108 valence electrons. The first-order valence-electron chi connectivity index (χ1n) is 7.15. The van der Waals surface area contributed by atoms with E-state index in [1.807, 2.05) is 12.1 Å². The summed E-state index contributed by atoms with van der Waals surface area (Å²) in [7, 11) is 0. The second-order valence-corrected chi connectivity index (χ2v) is 6.23. The molecule has 1 nitrogen and oxygen atoms in total. The molecule has 1 aromatic heterocycles. The quantitative estimate of drug-likeness (QED) is 0.786. The summed E-state index contributed by atoms with van der Waals surface area (Å²) < 4.78 is 14.0. The SMILES string of the molecule is CC(C)NCC(CCc1ccsc1)c1ccccc1F. The summed E-state index contributed by atoms with van der Waals surface area (Å²) in [5.74, 6) is 0.131. The molecule has 0 saturated heterocycles. The molecule has 0 amide bonds. The van der Waals surface area contributed by atoms with E-state index in [9.17, 15) is 4.39 Å². The van der Waals surface area contributed by atoms with Gasteiger partial charge < -0.3 is 5.32 Å². The monoisotopic (exact) mass is 291 g/mol. The Hall–Kier alpha value is -1.19. The van der Waals surface area contributed by atoms with E-state index in [4.69, 9.17) is 0 Å². The van der Waals surface area contributed by atoms with Crippen molar-refractivity contribution < 1.29 is 4.39 Å². The Bertz CT molecular complexity index is 507. The molecule has 2 rings (SSSR count). The summed E-state index contributed by atoms with van der Waals surface area (Å²) in [6.07, 6.45) is 1.97. The van der Waals surface area contributed by atoms with Crippen LogP contribution in [-0.4, -0.2) is 12.6 Å². The van der Waals surface area contributed by atoms with Gasteiger partial charge in [0.1, 0.15) is 5.82 Å². The molecule has 0 aliphatic rings. The van der Waals surface area contributed by atoms with E-state index in [0.717, 1.165) is 24.9 Å². The Labute approximate surface area is 124 Å². The normalized spacial score (nSPS) is 12.8. The summed E-state index contributed by atoms with van der Waals surface area (Å²) in [6, 6.07) is 9.72. The number of nitrogens with one attached hydrogen (secondary N) is 1. The largest absolute Gasteiger partial charge is 0.314 e. The molecule has 1 unspecified atom stereocenters. The van der Waals surface area contributed by atoms with Crippen LogP contribution in [0.1, 0.15) is 37.3 Å². The van der Waals surface area contributed by atoms with Gasteiger partial charge in [-0.15, -0.1) is 0 Å². The first-order valence-corrected chi connectivity index (χ1v) is 8.10. The molecule has 3 heteroatoms. The molecule has 0 saturated carbocycles. The predicted molar refractivity (Wildman–Crippen MR) is 84.9 cm³/mol. The van der Waals surface area contributed by atoms with Gasteiger partial charge >= 0.3 is 0 Å². The lowest BCUT2D eigenvalue weighted by molar-refractivity contribution is 0.489. The molecular weight excluding hydrogens is 269 g/mol. The highest BCUT2D eigenvalue weighted by atomic mass is 32.1. The lowest BCUT2D eigenvalue weighted by atomic mass is 9.92. The fraction of sp³-hybridized carbons (Fsp3) is 0.412. The van der Waals surface area contributed by atoms with E-state index in [1.165, 1.54) is 5.56 Å². The third-order valence-corrected chi connectivity index (χ3v) is 4.21. The molecule has 1 N–H and O–H groups in total. The fourth-order valence-electron chi connectivity index (χ4n) is 2.33. The third kappa shape index (κ3) is 4.43. The molecule has 1 atom stereocenters. The van der Waals surface area contributed by atoms with Gasteiger partial charge in [0.2, 0.25) is 0 Å². The second kappa shape index (κ2) is 7.55. The van der Waals surface area contributed by atoms with Gasteiger partial charge in [0.05, 0.1) is 0 Å². The Kier molecular flexibility index (Phi) is 5.74. The number of aryl methyl sites for hydroxylation is 1. The number of benzene rings is 1. The maximum atomic E-state index is 14.0. The zero-order valence-corrected chi connectivity index (χ0v) is 12.9. The van der Waals surface area contributed by atoms with E-state index >= 15 is 0 Å². The summed E-state index contributed by atoms with van der Waals surface area (Å²) in [5, 5.41) is 7.71. The summed E-state index contributed by atoms with van der Waals surface area (Å²) in [6.45, 7) is 5.07. The fourth-order valence-corrected chi connectivity index (χ4v) is 3.03. The minimum absolute atomic E-state index is 0.0895. The maximum Gasteiger partial charge on any atom is 0.126 e. The Morgan fingerprint density at radius 3 is 2.65 bits per heavy atom. The average Bonchev–Trinajstić information content (AvgIpc) is 2.93. The minimum atomic E-state index is -0.0895. The minimum Gasteiger partial charge on any atom is -0.314 e. The van der Waals surface area contributed by atoms with Gasteiger partial charge in [0.15, 0.2) is 0 Å². The molecule has 1 heterocycles. The molecule has 0 aliphatic heterocycles. The van der Waals surface area contributed by atoms with Crippen LogP contribution in [0.3, 0.4) is 0 Å². The smallest absolute Gasteiger partial charge is 0.126 e. The molecule has 1 aromatic carbocycles. The molecule has 0 fully saturated rings. The molecule has 20 heavy (non-hydrogen) atoms. The standard InChI is InChI=1S/C17H22FNS/c1-13(2)19-11-15(8-7-14-9-10-20-12-14)16-5-3-4-6-17(16)18/h3-6,9-10,12-13,15,19H,7-8,11H2,1-2H3. The highest BCUT2D eigenvalue weighted by Crippen LogP contribution is 2.24. The van der Waals surface area contributed by atoms with Gasteiger partial charge in [0.25, 0.3) is 0 Å². The third-order valence-electron chi connectivity index (χ3n) is 3.48. The van der Waals surface area contributed by atoms with Crippen LogP contribution >= 0.6 is 11.3 Å². The van der Waals surface area contributed by atoms with Crippen molar-refractivity contribution in [3.8, 4) is 0 Å². The van der Waals surface area contributed by atoms with Gasteiger partial charge in [-0.1, -0.05) is 32.0 Å². The summed E-state index contributed by atoms with van der Waals surface area (Å²) in [5.41, 5.74) is 2.18. The van der Waals surface area contributed by atoms with Crippen LogP contribution < -0.4 is 5.32 Å². The second-order valence-electron chi connectivity index (χ2n) is 5.45.